The molecular formula is C11H11ClN4OS. The SMILES string of the molecule is Nc1cc(C(=O)NCCc2cscn2)c(Cl)cn1. The summed E-state index contributed by atoms with van der Waals surface area (Å²) in [6.07, 6.45) is 2.06. The normalized spacial score (nSPS) is 10.3. The van der Waals surface area contributed by atoms with Gasteiger partial charge in [0.25, 0.3) is 5.91 Å². The first-order valence-electron chi connectivity index (χ1n) is 5.23. The number of amides is 1. The van der Waals surface area contributed by atoms with Crippen molar-refractivity contribution < 1.29 is 4.79 Å². The van der Waals surface area contributed by atoms with Crippen LogP contribution in [0.5, 0.6) is 0 Å². The molecule has 0 saturated heterocycles. The number of nitrogens with two attached hydrogens (primary N) is 1. The van der Waals surface area contributed by atoms with Crippen LogP contribution < -0.4 is 11.1 Å². The second-order valence-corrected chi connectivity index (χ2v) is 4.70. The van der Waals surface area contributed by atoms with Crippen molar-refractivity contribution in [3.8, 4) is 0 Å². The number of nitrogens with one attached hydrogen (secondary N) is 1. The third kappa shape index (κ3) is 3.18. The maximum Gasteiger partial charge on any atom is 0.253 e. The monoisotopic (exact) mass is 282 g/mol. The number of carbonyl (C=O) groups is 1. The van der Waals surface area contributed by atoms with Crippen molar-refractivity contribution in [3.63, 3.8) is 0 Å². The number of carbonyl (C=O) groups excluding carboxylic acids is 1. The summed E-state index contributed by atoms with van der Waals surface area (Å²) in [5.74, 6) is 0.00776. The fourth-order valence-corrected chi connectivity index (χ4v) is 2.17. The highest BCUT2D eigenvalue weighted by atomic mass is 35.5. The number of anilines is 1. The second-order valence-electron chi connectivity index (χ2n) is 3.57. The maximum atomic E-state index is 11.8. The van der Waals surface area contributed by atoms with Gasteiger partial charge in [0.05, 0.1) is 21.8 Å². The van der Waals surface area contributed by atoms with E-state index in [-0.39, 0.29) is 16.7 Å². The van der Waals surface area contributed by atoms with Gasteiger partial charge in [0.15, 0.2) is 0 Å². The molecule has 0 fully saturated rings. The van der Waals surface area contributed by atoms with Crippen LogP contribution in [0.1, 0.15) is 16.1 Å². The van der Waals surface area contributed by atoms with Crippen LogP contribution in [0, 0.1) is 0 Å². The Balaban J connectivity index is 1.93. The van der Waals surface area contributed by atoms with Gasteiger partial charge in [-0.15, -0.1) is 11.3 Å². The standard InChI is InChI=1S/C11H11ClN4OS/c12-9-4-15-10(13)3-8(9)11(17)14-2-1-7-5-18-6-16-7/h3-6H,1-2H2,(H2,13,15)(H,14,17). The lowest BCUT2D eigenvalue weighted by atomic mass is 10.2. The van der Waals surface area contributed by atoms with Crippen LogP contribution in [0.2, 0.25) is 5.02 Å². The predicted octanol–water partition coefficient (Wildman–Crippen LogP) is 1.75. The molecule has 0 saturated carbocycles. The Labute approximate surface area is 113 Å². The lowest BCUT2D eigenvalue weighted by Crippen LogP contribution is -2.26. The summed E-state index contributed by atoms with van der Waals surface area (Å²) in [7, 11) is 0. The summed E-state index contributed by atoms with van der Waals surface area (Å²) in [4.78, 5) is 19.8. The molecule has 2 rings (SSSR count). The molecular weight excluding hydrogens is 272 g/mol. The van der Waals surface area contributed by atoms with Crippen molar-refractivity contribution in [2.75, 3.05) is 12.3 Å². The van der Waals surface area contributed by atoms with Gasteiger partial charge < -0.3 is 11.1 Å². The van der Waals surface area contributed by atoms with E-state index in [1.54, 1.807) is 5.51 Å². The van der Waals surface area contributed by atoms with Gasteiger partial charge in [-0.05, 0) is 6.07 Å². The van der Waals surface area contributed by atoms with E-state index >= 15 is 0 Å². The van der Waals surface area contributed by atoms with Gasteiger partial charge in [0.2, 0.25) is 0 Å². The Kier molecular flexibility index (Phi) is 4.11. The highest BCUT2D eigenvalue weighted by molar-refractivity contribution is 7.07. The van der Waals surface area contributed by atoms with Gasteiger partial charge in [0, 0.05) is 24.5 Å². The summed E-state index contributed by atoms with van der Waals surface area (Å²) in [6.45, 7) is 0.501. The number of nitrogen functional groups attached to an aromatic ring is 1. The van der Waals surface area contributed by atoms with Crippen molar-refractivity contribution in [1.82, 2.24) is 15.3 Å². The molecule has 0 spiro atoms. The Morgan fingerprint density at radius 2 is 2.33 bits per heavy atom. The van der Waals surface area contributed by atoms with E-state index in [4.69, 9.17) is 17.3 Å². The summed E-state index contributed by atoms with van der Waals surface area (Å²) >= 11 is 7.41. The molecule has 2 heterocycles. The van der Waals surface area contributed by atoms with Crippen molar-refractivity contribution >= 4 is 34.7 Å². The van der Waals surface area contributed by atoms with E-state index < -0.39 is 0 Å². The molecule has 2 aromatic heterocycles. The van der Waals surface area contributed by atoms with Gasteiger partial charge in [-0.3, -0.25) is 4.79 Å². The average Bonchev–Trinajstić information content (AvgIpc) is 2.85. The van der Waals surface area contributed by atoms with Crippen molar-refractivity contribution in [3.05, 3.63) is 39.4 Å². The van der Waals surface area contributed by atoms with Gasteiger partial charge in [0.1, 0.15) is 5.82 Å². The first-order valence-corrected chi connectivity index (χ1v) is 6.55. The fourth-order valence-electron chi connectivity index (χ4n) is 1.39. The molecule has 3 N–H and O–H groups in total. The molecule has 94 valence electrons. The number of hydrogen-bond donors (Lipinski definition) is 2. The number of nitrogens with zero attached hydrogens (tertiary/aromatic N) is 2. The minimum atomic E-state index is -0.260. The minimum absolute atomic E-state index is 0.260. The van der Waals surface area contributed by atoms with Gasteiger partial charge in [-0.25, -0.2) is 9.97 Å². The Morgan fingerprint density at radius 1 is 1.50 bits per heavy atom. The number of halogens is 1. The van der Waals surface area contributed by atoms with E-state index in [2.05, 4.69) is 15.3 Å². The average molecular weight is 283 g/mol. The number of rotatable bonds is 4. The molecule has 7 heteroatoms. The minimum Gasteiger partial charge on any atom is -0.384 e. The molecule has 0 aliphatic carbocycles. The molecule has 0 aliphatic heterocycles. The van der Waals surface area contributed by atoms with Crippen LogP contribution in [0.15, 0.2) is 23.2 Å². The van der Waals surface area contributed by atoms with Crippen molar-refractivity contribution in [2.24, 2.45) is 0 Å². The number of thiazole rings is 1. The zero-order chi connectivity index (χ0) is 13.0. The smallest absolute Gasteiger partial charge is 0.253 e. The second kappa shape index (κ2) is 5.79. The molecule has 2 aromatic rings. The zero-order valence-electron chi connectivity index (χ0n) is 9.39. The molecule has 0 bridgehead atoms. The van der Waals surface area contributed by atoms with Crippen LogP contribution >= 0.6 is 22.9 Å². The van der Waals surface area contributed by atoms with Crippen LogP contribution in [0.25, 0.3) is 0 Å². The molecule has 0 atom stereocenters. The van der Waals surface area contributed by atoms with E-state index in [9.17, 15) is 4.79 Å². The first kappa shape index (κ1) is 12.8. The maximum absolute atomic E-state index is 11.8. The van der Waals surface area contributed by atoms with Gasteiger partial charge in [-0.2, -0.15) is 0 Å². The lowest BCUT2D eigenvalue weighted by molar-refractivity contribution is 0.0954. The van der Waals surface area contributed by atoms with E-state index in [1.165, 1.54) is 23.6 Å². The zero-order valence-corrected chi connectivity index (χ0v) is 11.0. The Bertz CT molecular complexity index is 544. The molecule has 5 nitrogen and oxygen atoms in total. The van der Waals surface area contributed by atoms with Gasteiger partial charge >= 0.3 is 0 Å². The molecule has 1 amide bonds. The number of aromatic nitrogens is 2. The molecule has 0 aromatic carbocycles. The van der Waals surface area contributed by atoms with Crippen molar-refractivity contribution in [2.45, 2.75) is 6.42 Å². The molecule has 0 aliphatic rings. The molecule has 0 unspecified atom stereocenters. The lowest BCUT2D eigenvalue weighted by Gasteiger charge is -2.06. The Hall–Kier alpha value is -1.66. The van der Waals surface area contributed by atoms with Gasteiger partial charge in [-0.1, -0.05) is 11.6 Å². The molecule has 18 heavy (non-hydrogen) atoms. The van der Waals surface area contributed by atoms with Crippen LogP contribution in [0.4, 0.5) is 5.82 Å². The highest BCUT2D eigenvalue weighted by Crippen LogP contribution is 2.16. The topological polar surface area (TPSA) is 80.9 Å². The number of pyridine rings is 1. The number of hydrogen-bond acceptors (Lipinski definition) is 5. The van der Waals surface area contributed by atoms with Crippen LogP contribution in [0.3, 0.4) is 0 Å². The summed E-state index contributed by atoms with van der Waals surface area (Å²) in [5, 5.41) is 5.00. The van der Waals surface area contributed by atoms with Crippen LogP contribution in [-0.2, 0) is 6.42 Å². The summed E-state index contributed by atoms with van der Waals surface area (Å²) in [6, 6.07) is 1.46. The first-order chi connectivity index (χ1) is 8.66. The Morgan fingerprint density at radius 3 is 3.06 bits per heavy atom. The largest absolute Gasteiger partial charge is 0.384 e. The third-order valence-corrected chi connectivity index (χ3v) is 3.21. The van der Waals surface area contributed by atoms with Crippen molar-refractivity contribution in [1.29, 1.82) is 0 Å². The third-order valence-electron chi connectivity index (χ3n) is 2.27. The summed E-state index contributed by atoms with van der Waals surface area (Å²) < 4.78 is 0. The van der Waals surface area contributed by atoms with E-state index in [0.717, 1.165) is 5.69 Å². The highest BCUT2D eigenvalue weighted by Gasteiger charge is 2.10. The van der Waals surface area contributed by atoms with Crippen LogP contribution in [-0.4, -0.2) is 22.4 Å². The fraction of sp³-hybridized carbons (Fsp3) is 0.182. The van der Waals surface area contributed by atoms with E-state index in [0.29, 0.717) is 18.5 Å². The molecule has 0 radical (unpaired) electrons. The van der Waals surface area contributed by atoms with E-state index in [1.807, 2.05) is 5.38 Å². The quantitative estimate of drug-likeness (QED) is 0.895. The predicted molar refractivity (Wildman–Crippen MR) is 71.8 cm³/mol. The summed E-state index contributed by atoms with van der Waals surface area (Å²) in [5.41, 5.74) is 8.57.